The van der Waals surface area contributed by atoms with Crippen molar-refractivity contribution < 1.29 is 21.6 Å². The largest absolute Gasteiger partial charge is 0.322 e. The molecular formula is C28H26ClN3O5S2. The average molecular weight is 584 g/mol. The van der Waals surface area contributed by atoms with Gasteiger partial charge in [-0.25, -0.2) is 16.8 Å². The van der Waals surface area contributed by atoms with Crippen LogP contribution in [0.2, 0.25) is 5.02 Å². The lowest BCUT2D eigenvalue weighted by Gasteiger charge is -2.13. The lowest BCUT2D eigenvalue weighted by Crippen LogP contribution is -2.17. The molecule has 0 fully saturated rings. The van der Waals surface area contributed by atoms with E-state index in [-0.39, 0.29) is 20.4 Å². The molecule has 0 bridgehead atoms. The van der Waals surface area contributed by atoms with Crippen LogP contribution in [-0.4, -0.2) is 22.7 Å². The summed E-state index contributed by atoms with van der Waals surface area (Å²) in [6, 6.07) is 21.7. The van der Waals surface area contributed by atoms with Crippen molar-refractivity contribution in [1.82, 2.24) is 0 Å². The van der Waals surface area contributed by atoms with Gasteiger partial charge in [0.1, 0.15) is 4.90 Å². The monoisotopic (exact) mass is 583 g/mol. The first-order valence-electron chi connectivity index (χ1n) is 11.7. The highest BCUT2D eigenvalue weighted by Gasteiger charge is 2.21. The molecule has 0 aromatic heterocycles. The highest BCUT2D eigenvalue weighted by Crippen LogP contribution is 2.26. The molecule has 4 rings (SSSR count). The van der Waals surface area contributed by atoms with Crippen molar-refractivity contribution in [2.75, 3.05) is 14.8 Å². The number of nitrogens with one attached hydrogen (secondary N) is 3. The van der Waals surface area contributed by atoms with Crippen LogP contribution in [0, 0.1) is 20.8 Å². The molecule has 4 aromatic rings. The van der Waals surface area contributed by atoms with Crippen LogP contribution in [0.15, 0.2) is 94.7 Å². The van der Waals surface area contributed by atoms with Crippen molar-refractivity contribution in [3.05, 3.63) is 112 Å². The Morgan fingerprint density at radius 2 is 1.28 bits per heavy atom. The predicted molar refractivity (Wildman–Crippen MR) is 155 cm³/mol. The van der Waals surface area contributed by atoms with Gasteiger partial charge >= 0.3 is 0 Å². The molecule has 0 unspecified atom stereocenters. The first-order valence-corrected chi connectivity index (χ1v) is 15.1. The fourth-order valence-corrected chi connectivity index (χ4v) is 6.45. The molecule has 1 amide bonds. The Balaban J connectivity index is 1.49. The van der Waals surface area contributed by atoms with E-state index in [0.717, 1.165) is 16.7 Å². The minimum atomic E-state index is -4.07. The maximum atomic E-state index is 13.0. The Morgan fingerprint density at radius 1 is 0.667 bits per heavy atom. The molecule has 0 saturated carbocycles. The predicted octanol–water partition coefficient (Wildman–Crippen LogP) is 6.12. The summed E-state index contributed by atoms with van der Waals surface area (Å²) < 4.78 is 56.6. The maximum Gasteiger partial charge on any atom is 0.263 e. The number of anilines is 3. The molecular weight excluding hydrogens is 558 g/mol. The van der Waals surface area contributed by atoms with E-state index < -0.39 is 26.0 Å². The van der Waals surface area contributed by atoms with Gasteiger partial charge in [-0.3, -0.25) is 14.2 Å². The second kappa shape index (κ2) is 11.1. The summed E-state index contributed by atoms with van der Waals surface area (Å²) in [6.45, 7) is 5.62. The van der Waals surface area contributed by atoms with E-state index in [4.69, 9.17) is 11.6 Å². The minimum absolute atomic E-state index is 0.0162. The normalized spacial score (nSPS) is 11.6. The minimum Gasteiger partial charge on any atom is -0.322 e. The number of carbonyl (C=O) groups is 1. The Kier molecular flexibility index (Phi) is 8.01. The summed E-state index contributed by atoms with van der Waals surface area (Å²) >= 11 is 6.16. The van der Waals surface area contributed by atoms with E-state index in [2.05, 4.69) is 14.8 Å². The van der Waals surface area contributed by atoms with Crippen molar-refractivity contribution in [1.29, 1.82) is 0 Å². The zero-order valence-electron chi connectivity index (χ0n) is 21.3. The van der Waals surface area contributed by atoms with Crippen molar-refractivity contribution in [2.45, 2.75) is 30.6 Å². The quantitative estimate of drug-likeness (QED) is 0.231. The standard InChI is InChI=1S/C28H26ClN3O5S2/c1-18-4-8-23(9-5-18)31-39(36,37)27-17-21(7-14-25(27)29)28(33)30-22-10-12-24(13-11-22)38(34,35)32-26-15-6-19(2)16-20(26)3/h4-17,31-32H,1-3H3,(H,30,33). The van der Waals surface area contributed by atoms with Crippen LogP contribution in [-0.2, 0) is 20.0 Å². The van der Waals surface area contributed by atoms with Gasteiger partial charge < -0.3 is 5.32 Å². The summed E-state index contributed by atoms with van der Waals surface area (Å²) in [4.78, 5) is 12.7. The van der Waals surface area contributed by atoms with E-state index in [1.807, 2.05) is 32.9 Å². The van der Waals surface area contributed by atoms with Crippen molar-refractivity contribution >= 4 is 54.6 Å². The molecule has 39 heavy (non-hydrogen) atoms. The summed E-state index contributed by atoms with van der Waals surface area (Å²) in [6.07, 6.45) is 0. The smallest absolute Gasteiger partial charge is 0.263 e. The fourth-order valence-electron chi connectivity index (χ4n) is 3.73. The van der Waals surface area contributed by atoms with Gasteiger partial charge in [0.25, 0.3) is 26.0 Å². The Morgan fingerprint density at radius 3 is 1.92 bits per heavy atom. The number of hydrogen-bond acceptors (Lipinski definition) is 5. The van der Waals surface area contributed by atoms with E-state index in [9.17, 15) is 21.6 Å². The SMILES string of the molecule is Cc1ccc(NS(=O)(=O)c2cc(C(=O)Nc3ccc(S(=O)(=O)Nc4ccc(C)cc4C)cc3)ccc2Cl)cc1. The van der Waals surface area contributed by atoms with Crippen molar-refractivity contribution in [2.24, 2.45) is 0 Å². The van der Waals surface area contributed by atoms with Crippen molar-refractivity contribution in [3.8, 4) is 0 Å². The lowest BCUT2D eigenvalue weighted by atomic mass is 10.1. The molecule has 0 aliphatic heterocycles. The first-order chi connectivity index (χ1) is 18.3. The zero-order valence-corrected chi connectivity index (χ0v) is 23.7. The molecule has 11 heteroatoms. The molecule has 0 aliphatic rings. The number of halogens is 1. The number of carbonyl (C=O) groups excluding carboxylic acids is 1. The topological polar surface area (TPSA) is 121 Å². The zero-order chi connectivity index (χ0) is 28.4. The van der Waals surface area contributed by atoms with Crippen molar-refractivity contribution in [3.63, 3.8) is 0 Å². The molecule has 3 N–H and O–H groups in total. The highest BCUT2D eigenvalue weighted by atomic mass is 35.5. The average Bonchev–Trinajstić information content (AvgIpc) is 2.87. The van der Waals surface area contributed by atoms with E-state index in [1.165, 1.54) is 42.5 Å². The molecule has 0 heterocycles. The summed E-state index contributed by atoms with van der Waals surface area (Å²) in [5.74, 6) is -0.595. The van der Waals surface area contributed by atoms with Crippen LogP contribution in [0.25, 0.3) is 0 Å². The number of benzene rings is 4. The molecule has 0 saturated heterocycles. The summed E-state index contributed by atoms with van der Waals surface area (Å²) in [7, 11) is -7.93. The van der Waals surface area contributed by atoms with Gasteiger partial charge in [0.15, 0.2) is 0 Å². The second-order valence-electron chi connectivity index (χ2n) is 9.02. The molecule has 4 aromatic carbocycles. The van der Waals surface area contributed by atoms with E-state index >= 15 is 0 Å². The van der Waals surface area contributed by atoms with Gasteiger partial charge in [0, 0.05) is 16.9 Å². The Bertz CT molecular complexity index is 1750. The van der Waals surface area contributed by atoms with Crippen LogP contribution in [0.3, 0.4) is 0 Å². The van der Waals surface area contributed by atoms with Gasteiger partial charge in [-0.1, -0.05) is 47.0 Å². The maximum absolute atomic E-state index is 13.0. The number of amides is 1. The Labute approximate surface area is 233 Å². The van der Waals surface area contributed by atoms with Crippen LogP contribution in [0.4, 0.5) is 17.1 Å². The van der Waals surface area contributed by atoms with Gasteiger partial charge in [-0.05, 0) is 87.0 Å². The summed E-state index contributed by atoms with van der Waals surface area (Å²) in [5.41, 5.74) is 3.98. The molecule has 8 nitrogen and oxygen atoms in total. The van der Waals surface area contributed by atoms with Gasteiger partial charge in [-0.2, -0.15) is 0 Å². The fraction of sp³-hybridized carbons (Fsp3) is 0.107. The molecule has 0 radical (unpaired) electrons. The van der Waals surface area contributed by atoms with Crippen LogP contribution in [0.5, 0.6) is 0 Å². The van der Waals surface area contributed by atoms with E-state index in [0.29, 0.717) is 17.1 Å². The number of aryl methyl sites for hydroxylation is 3. The molecule has 0 spiro atoms. The third kappa shape index (κ3) is 6.78. The van der Waals surface area contributed by atoms with Crippen LogP contribution < -0.4 is 14.8 Å². The highest BCUT2D eigenvalue weighted by molar-refractivity contribution is 7.93. The van der Waals surface area contributed by atoms with Gasteiger partial charge in [0.05, 0.1) is 15.6 Å². The number of rotatable bonds is 8. The molecule has 0 atom stereocenters. The summed E-state index contributed by atoms with van der Waals surface area (Å²) in [5, 5.41) is 2.60. The van der Waals surface area contributed by atoms with E-state index in [1.54, 1.807) is 30.3 Å². The molecule has 0 aliphatic carbocycles. The Hall–Kier alpha value is -3.86. The number of hydrogen-bond donors (Lipinski definition) is 3. The second-order valence-corrected chi connectivity index (χ2v) is 12.8. The third-order valence-electron chi connectivity index (χ3n) is 5.84. The van der Waals surface area contributed by atoms with Crippen LogP contribution >= 0.6 is 11.6 Å². The van der Waals surface area contributed by atoms with Gasteiger partial charge in [0.2, 0.25) is 0 Å². The van der Waals surface area contributed by atoms with Gasteiger partial charge in [-0.15, -0.1) is 0 Å². The first kappa shape index (κ1) is 28.2. The number of sulfonamides is 2. The molecule has 202 valence electrons. The lowest BCUT2D eigenvalue weighted by molar-refractivity contribution is 0.102. The third-order valence-corrected chi connectivity index (χ3v) is 9.08. The van der Waals surface area contributed by atoms with Crippen LogP contribution in [0.1, 0.15) is 27.0 Å².